The Kier molecular flexibility index (Phi) is 5.46. The Bertz CT molecular complexity index is 809. The van der Waals surface area contributed by atoms with Crippen LogP contribution in [0.5, 0.6) is 0 Å². The van der Waals surface area contributed by atoms with E-state index in [1.165, 1.54) is 18.2 Å². The highest BCUT2D eigenvalue weighted by molar-refractivity contribution is 5.95. The van der Waals surface area contributed by atoms with Gasteiger partial charge in [0.25, 0.3) is 5.91 Å². The fraction of sp³-hybridized carbons (Fsp3) is 0.238. The van der Waals surface area contributed by atoms with Crippen molar-refractivity contribution in [3.05, 3.63) is 77.1 Å². The molecule has 3 rings (SSSR count). The molecule has 4 nitrogen and oxygen atoms in total. The van der Waals surface area contributed by atoms with Crippen LogP contribution in [0.2, 0.25) is 0 Å². The zero-order valence-corrected chi connectivity index (χ0v) is 14.5. The minimum Gasteiger partial charge on any atom is -0.349 e. The Morgan fingerprint density at radius 3 is 2.35 bits per heavy atom. The van der Waals surface area contributed by atoms with Gasteiger partial charge in [-0.25, -0.2) is 4.39 Å². The molecule has 0 bridgehead atoms. The van der Waals surface area contributed by atoms with Crippen molar-refractivity contribution in [2.24, 2.45) is 0 Å². The van der Waals surface area contributed by atoms with E-state index in [2.05, 4.69) is 10.6 Å². The molecule has 26 heavy (non-hydrogen) atoms. The molecule has 0 aliphatic heterocycles. The van der Waals surface area contributed by atoms with Crippen molar-refractivity contribution in [3.8, 4) is 0 Å². The van der Waals surface area contributed by atoms with E-state index in [1.54, 1.807) is 42.5 Å². The summed E-state index contributed by atoms with van der Waals surface area (Å²) < 4.78 is 12.9. The molecule has 1 aliphatic carbocycles. The first-order chi connectivity index (χ1) is 12.5. The Labute approximate surface area is 152 Å². The highest BCUT2D eigenvalue weighted by Gasteiger charge is 2.23. The van der Waals surface area contributed by atoms with Crippen LogP contribution in [0.4, 0.5) is 4.39 Å². The van der Waals surface area contributed by atoms with Crippen LogP contribution in [0, 0.1) is 5.82 Å². The van der Waals surface area contributed by atoms with Crippen LogP contribution in [0.25, 0.3) is 6.08 Å². The lowest BCUT2D eigenvalue weighted by Gasteiger charge is -2.12. The summed E-state index contributed by atoms with van der Waals surface area (Å²) in [6, 6.07) is 13.2. The van der Waals surface area contributed by atoms with Gasteiger partial charge in [-0.15, -0.1) is 0 Å². The van der Waals surface area contributed by atoms with Gasteiger partial charge < -0.3 is 10.6 Å². The molecule has 2 N–H and O–H groups in total. The van der Waals surface area contributed by atoms with E-state index in [9.17, 15) is 14.0 Å². The number of carbonyl (C=O) groups excluding carboxylic acids is 2. The fourth-order valence-electron chi connectivity index (χ4n) is 2.51. The number of carbonyl (C=O) groups is 2. The van der Waals surface area contributed by atoms with Crippen molar-refractivity contribution in [1.29, 1.82) is 0 Å². The molecule has 1 fully saturated rings. The number of benzene rings is 2. The minimum atomic E-state index is -0.304. The highest BCUT2D eigenvalue weighted by atomic mass is 19.1. The third kappa shape index (κ3) is 5.02. The fourth-order valence-corrected chi connectivity index (χ4v) is 2.51. The number of hydrogen-bond acceptors (Lipinski definition) is 2. The Morgan fingerprint density at radius 1 is 1.08 bits per heavy atom. The van der Waals surface area contributed by atoms with E-state index in [4.69, 9.17) is 0 Å². The zero-order chi connectivity index (χ0) is 18.5. The summed E-state index contributed by atoms with van der Waals surface area (Å²) in [5, 5.41) is 5.77. The van der Waals surface area contributed by atoms with E-state index in [0.717, 1.165) is 24.0 Å². The summed E-state index contributed by atoms with van der Waals surface area (Å²) in [6.45, 7) is 1.84. The summed E-state index contributed by atoms with van der Waals surface area (Å²) in [4.78, 5) is 24.0. The summed E-state index contributed by atoms with van der Waals surface area (Å²) in [5.74, 6) is -0.604. The Hall–Kier alpha value is -2.95. The van der Waals surface area contributed by atoms with Crippen molar-refractivity contribution >= 4 is 17.9 Å². The molecule has 0 saturated heterocycles. The van der Waals surface area contributed by atoms with Crippen molar-refractivity contribution in [2.75, 3.05) is 0 Å². The number of nitrogens with one attached hydrogen (secondary N) is 2. The molecule has 0 heterocycles. The normalized spacial score (nSPS) is 14.8. The molecule has 5 heteroatoms. The second-order valence-corrected chi connectivity index (χ2v) is 6.48. The van der Waals surface area contributed by atoms with E-state index in [-0.39, 0.29) is 23.7 Å². The van der Waals surface area contributed by atoms with Crippen molar-refractivity contribution < 1.29 is 14.0 Å². The van der Waals surface area contributed by atoms with Crippen molar-refractivity contribution in [1.82, 2.24) is 10.6 Å². The average Bonchev–Trinajstić information content (AvgIpc) is 3.45. The minimum absolute atomic E-state index is 0.0612. The molecule has 0 aromatic heterocycles. The molecule has 134 valence electrons. The molecule has 2 aromatic rings. The maximum absolute atomic E-state index is 12.9. The van der Waals surface area contributed by atoms with E-state index >= 15 is 0 Å². The molecule has 1 unspecified atom stereocenters. The lowest BCUT2D eigenvalue weighted by atomic mass is 10.1. The quantitative estimate of drug-likeness (QED) is 0.781. The van der Waals surface area contributed by atoms with E-state index < -0.39 is 0 Å². The standard InChI is InChI=1S/C21H21FN2O2/c1-14(16-7-9-18(22)10-8-16)23-20(25)13-4-15-2-5-17(6-3-15)21(26)24-19-11-12-19/h2-10,13-14,19H,11-12H2,1H3,(H,23,25)(H,24,26)/b13-4+. The third-order valence-electron chi connectivity index (χ3n) is 4.24. The second kappa shape index (κ2) is 7.95. The van der Waals surface area contributed by atoms with Gasteiger partial charge in [-0.05, 0) is 61.2 Å². The molecule has 1 saturated carbocycles. The molecule has 2 amide bonds. The number of hydrogen-bond donors (Lipinski definition) is 2. The van der Waals surface area contributed by atoms with Gasteiger partial charge in [0.1, 0.15) is 5.82 Å². The number of halogens is 1. The molecule has 1 aliphatic rings. The van der Waals surface area contributed by atoms with Gasteiger partial charge in [-0.2, -0.15) is 0 Å². The van der Waals surface area contributed by atoms with Gasteiger partial charge in [-0.3, -0.25) is 9.59 Å². The lowest BCUT2D eigenvalue weighted by Crippen LogP contribution is -2.25. The first kappa shape index (κ1) is 17.9. The van der Waals surface area contributed by atoms with Gasteiger partial charge in [0.05, 0.1) is 6.04 Å². The summed E-state index contributed by atoms with van der Waals surface area (Å²) >= 11 is 0. The number of rotatable bonds is 6. The van der Waals surface area contributed by atoms with Crippen LogP contribution < -0.4 is 10.6 Å². The first-order valence-corrected chi connectivity index (χ1v) is 8.66. The molecule has 1 atom stereocenters. The third-order valence-corrected chi connectivity index (χ3v) is 4.24. The van der Waals surface area contributed by atoms with Crippen LogP contribution >= 0.6 is 0 Å². The SMILES string of the molecule is CC(NC(=O)/C=C/c1ccc(C(=O)NC2CC2)cc1)c1ccc(F)cc1. The van der Waals surface area contributed by atoms with Crippen LogP contribution in [0.15, 0.2) is 54.6 Å². The van der Waals surface area contributed by atoms with Crippen LogP contribution in [-0.4, -0.2) is 17.9 Å². The summed E-state index contributed by atoms with van der Waals surface area (Å²) in [7, 11) is 0. The van der Waals surface area contributed by atoms with Gasteiger partial charge in [-0.1, -0.05) is 24.3 Å². The molecular formula is C21H21FN2O2. The van der Waals surface area contributed by atoms with E-state index in [0.29, 0.717) is 11.6 Å². The smallest absolute Gasteiger partial charge is 0.251 e. The van der Waals surface area contributed by atoms with Crippen LogP contribution in [-0.2, 0) is 4.79 Å². The van der Waals surface area contributed by atoms with Gasteiger partial charge >= 0.3 is 0 Å². The lowest BCUT2D eigenvalue weighted by molar-refractivity contribution is -0.117. The Balaban J connectivity index is 1.53. The maximum Gasteiger partial charge on any atom is 0.251 e. The molecule has 0 radical (unpaired) electrons. The summed E-state index contributed by atoms with van der Waals surface area (Å²) in [5.41, 5.74) is 2.28. The van der Waals surface area contributed by atoms with Crippen LogP contribution in [0.3, 0.4) is 0 Å². The Morgan fingerprint density at radius 2 is 1.73 bits per heavy atom. The highest BCUT2D eigenvalue weighted by Crippen LogP contribution is 2.19. The first-order valence-electron chi connectivity index (χ1n) is 8.66. The zero-order valence-electron chi connectivity index (χ0n) is 14.5. The topological polar surface area (TPSA) is 58.2 Å². The second-order valence-electron chi connectivity index (χ2n) is 6.48. The largest absolute Gasteiger partial charge is 0.349 e. The summed E-state index contributed by atoms with van der Waals surface area (Å²) in [6.07, 6.45) is 5.24. The van der Waals surface area contributed by atoms with Gasteiger partial charge in [0.15, 0.2) is 0 Å². The predicted molar refractivity (Wildman–Crippen MR) is 98.9 cm³/mol. The van der Waals surface area contributed by atoms with Crippen LogP contribution in [0.1, 0.15) is 47.3 Å². The van der Waals surface area contributed by atoms with Gasteiger partial charge in [0.2, 0.25) is 5.91 Å². The average molecular weight is 352 g/mol. The van der Waals surface area contributed by atoms with Crippen molar-refractivity contribution in [2.45, 2.75) is 31.8 Å². The molecular weight excluding hydrogens is 331 g/mol. The van der Waals surface area contributed by atoms with Crippen molar-refractivity contribution in [3.63, 3.8) is 0 Å². The molecule has 0 spiro atoms. The predicted octanol–water partition coefficient (Wildman–Crippen LogP) is 3.61. The monoisotopic (exact) mass is 352 g/mol. The van der Waals surface area contributed by atoms with E-state index in [1.807, 2.05) is 6.92 Å². The maximum atomic E-state index is 12.9. The molecule has 2 aromatic carbocycles. The number of amides is 2. The van der Waals surface area contributed by atoms with Gasteiger partial charge in [0, 0.05) is 17.7 Å².